The van der Waals surface area contributed by atoms with Gasteiger partial charge in [-0.2, -0.15) is 0 Å². The lowest BCUT2D eigenvalue weighted by Gasteiger charge is -2.35. The average Bonchev–Trinajstić information content (AvgIpc) is 2.76. The third-order valence-corrected chi connectivity index (χ3v) is 5.32. The number of hydrogen-bond donors (Lipinski definition) is 1. The average molecular weight is 506 g/mol. The number of hydrogen-bond acceptors (Lipinski definition) is 7. The van der Waals surface area contributed by atoms with E-state index >= 15 is 0 Å². The zero-order chi connectivity index (χ0) is 26.6. The molecule has 0 spiro atoms. The van der Waals surface area contributed by atoms with Crippen molar-refractivity contribution in [2.75, 3.05) is 37.6 Å². The highest BCUT2D eigenvalue weighted by molar-refractivity contribution is 5.96. The van der Waals surface area contributed by atoms with Crippen LogP contribution in [0.3, 0.4) is 0 Å². The summed E-state index contributed by atoms with van der Waals surface area (Å²) in [6.07, 6.45) is 0.915. The molecule has 36 heavy (non-hydrogen) atoms. The number of amides is 2. The quantitative estimate of drug-likeness (QED) is 0.637. The van der Waals surface area contributed by atoms with Gasteiger partial charge in [0.2, 0.25) is 5.95 Å². The fourth-order valence-electron chi connectivity index (χ4n) is 3.69. The number of piperazine rings is 1. The third-order valence-electron chi connectivity index (χ3n) is 5.32. The van der Waals surface area contributed by atoms with Gasteiger partial charge in [-0.15, -0.1) is 0 Å². The second-order valence-corrected chi connectivity index (χ2v) is 9.46. The molecule has 194 valence electrons. The molecule has 2 aromatic rings. The Kier molecular flexibility index (Phi) is 8.06. The van der Waals surface area contributed by atoms with Crippen LogP contribution in [0.4, 0.5) is 19.5 Å². The van der Waals surface area contributed by atoms with Gasteiger partial charge >= 0.3 is 12.1 Å². The number of nitrogens with zero attached hydrogens (tertiary/aromatic N) is 5. The molecule has 3 rings (SSSR count). The molecule has 0 aliphatic carbocycles. The fourth-order valence-corrected chi connectivity index (χ4v) is 3.69. The van der Waals surface area contributed by atoms with E-state index < -0.39 is 41.7 Å². The lowest BCUT2D eigenvalue weighted by molar-refractivity contribution is -0.137. The molecule has 10 nitrogen and oxygen atoms in total. The number of anilines is 1. The summed E-state index contributed by atoms with van der Waals surface area (Å²) in [7, 11) is 0. The minimum absolute atomic E-state index is 0.0734. The first kappa shape index (κ1) is 26.8. The topological polar surface area (TPSA) is 116 Å². The van der Waals surface area contributed by atoms with Gasteiger partial charge < -0.3 is 24.5 Å². The Morgan fingerprint density at radius 1 is 1.08 bits per heavy atom. The van der Waals surface area contributed by atoms with Gasteiger partial charge in [0.1, 0.15) is 23.8 Å². The Bertz CT molecular complexity index is 1130. The van der Waals surface area contributed by atoms with Gasteiger partial charge in [-0.1, -0.05) is 0 Å². The number of benzene rings is 1. The van der Waals surface area contributed by atoms with Gasteiger partial charge in [0.25, 0.3) is 5.91 Å². The highest BCUT2D eigenvalue weighted by atomic mass is 19.1. The second kappa shape index (κ2) is 10.8. The van der Waals surface area contributed by atoms with Crippen LogP contribution in [0.5, 0.6) is 0 Å². The number of carbonyl (C=O) groups is 3. The Labute approximate surface area is 207 Å². The summed E-state index contributed by atoms with van der Waals surface area (Å²) in [4.78, 5) is 49.9. The van der Waals surface area contributed by atoms with Crippen LogP contribution in [0.15, 0.2) is 24.4 Å². The van der Waals surface area contributed by atoms with Crippen molar-refractivity contribution in [3.63, 3.8) is 0 Å². The summed E-state index contributed by atoms with van der Waals surface area (Å²) in [5.74, 6) is -3.25. The summed E-state index contributed by atoms with van der Waals surface area (Å²) < 4.78 is 32.6. The van der Waals surface area contributed by atoms with Crippen LogP contribution in [-0.4, -0.2) is 81.2 Å². The van der Waals surface area contributed by atoms with E-state index in [9.17, 15) is 28.3 Å². The van der Waals surface area contributed by atoms with Gasteiger partial charge in [0.15, 0.2) is 0 Å². The number of carbonyl (C=O) groups excluding carboxylic acids is 2. The zero-order valence-corrected chi connectivity index (χ0v) is 20.6. The molecule has 1 aliphatic rings. The molecule has 1 fully saturated rings. The lowest BCUT2D eigenvalue weighted by Crippen LogP contribution is -2.50. The van der Waals surface area contributed by atoms with Crippen molar-refractivity contribution in [1.82, 2.24) is 19.8 Å². The second-order valence-electron chi connectivity index (χ2n) is 9.46. The molecule has 1 saturated heterocycles. The number of aromatic nitrogens is 2. The van der Waals surface area contributed by atoms with Gasteiger partial charge in [0, 0.05) is 45.0 Å². The predicted molar refractivity (Wildman–Crippen MR) is 126 cm³/mol. The third kappa shape index (κ3) is 7.09. The molecule has 0 atom stereocenters. The van der Waals surface area contributed by atoms with Crippen LogP contribution in [0.2, 0.25) is 0 Å². The largest absolute Gasteiger partial charge is 0.480 e. The number of aryl methyl sites for hydroxylation is 1. The first-order valence-corrected chi connectivity index (χ1v) is 11.3. The maximum absolute atomic E-state index is 13.6. The minimum Gasteiger partial charge on any atom is -0.480 e. The van der Waals surface area contributed by atoms with Crippen molar-refractivity contribution in [2.24, 2.45) is 0 Å². The van der Waals surface area contributed by atoms with Crippen LogP contribution in [0, 0.1) is 18.6 Å². The molecule has 1 N–H and O–H groups in total. The highest BCUT2D eigenvalue weighted by Gasteiger charge is 2.28. The lowest BCUT2D eigenvalue weighted by atomic mass is 10.1. The van der Waals surface area contributed by atoms with Crippen molar-refractivity contribution in [3.05, 3.63) is 52.9 Å². The van der Waals surface area contributed by atoms with Gasteiger partial charge in [-0.3, -0.25) is 9.59 Å². The van der Waals surface area contributed by atoms with E-state index in [1.807, 2.05) is 4.90 Å². The molecule has 0 radical (unpaired) electrons. The summed E-state index contributed by atoms with van der Waals surface area (Å²) in [6, 6.07) is 2.76. The molecule has 1 aliphatic heterocycles. The fraction of sp³-hybridized carbons (Fsp3) is 0.458. The number of aliphatic carboxylic acids is 1. The van der Waals surface area contributed by atoms with Gasteiger partial charge in [0.05, 0.1) is 11.3 Å². The molecule has 0 saturated carbocycles. The molecule has 2 heterocycles. The maximum atomic E-state index is 13.6. The number of carboxylic acid groups (broad SMARTS) is 1. The first-order chi connectivity index (χ1) is 16.8. The van der Waals surface area contributed by atoms with E-state index in [1.165, 1.54) is 6.20 Å². The van der Waals surface area contributed by atoms with Crippen LogP contribution in [-0.2, 0) is 16.1 Å². The minimum atomic E-state index is -1.28. The Morgan fingerprint density at radius 2 is 1.69 bits per heavy atom. The molecule has 1 aromatic heterocycles. The van der Waals surface area contributed by atoms with Crippen LogP contribution >= 0.6 is 0 Å². The van der Waals surface area contributed by atoms with Crippen molar-refractivity contribution in [2.45, 2.75) is 39.8 Å². The maximum Gasteiger partial charge on any atom is 0.410 e. The van der Waals surface area contributed by atoms with Crippen molar-refractivity contribution in [1.29, 1.82) is 0 Å². The molecule has 0 bridgehead atoms. The summed E-state index contributed by atoms with van der Waals surface area (Å²) >= 11 is 0. The summed E-state index contributed by atoms with van der Waals surface area (Å²) in [6.45, 7) is 7.75. The Balaban J connectivity index is 1.71. The van der Waals surface area contributed by atoms with E-state index in [0.717, 1.165) is 17.0 Å². The van der Waals surface area contributed by atoms with E-state index in [1.54, 1.807) is 32.6 Å². The molecular weight excluding hydrogens is 476 g/mol. The van der Waals surface area contributed by atoms with Crippen molar-refractivity contribution in [3.8, 4) is 0 Å². The summed E-state index contributed by atoms with van der Waals surface area (Å²) in [5.41, 5.74) is -0.0847. The standard InChI is InChI=1S/C24H29F2N5O5/c1-15-19(21(34)31(14-20(32)33)13-16-9-17(25)11-18(26)10-16)12-27-22(28-15)29-5-7-30(8-6-29)23(35)36-24(2,3)4/h9-12H,5-8,13-14H2,1-4H3,(H,32,33). The molecular formula is C24H29F2N5O5. The van der Waals surface area contributed by atoms with Gasteiger partial charge in [-0.05, 0) is 45.4 Å². The van der Waals surface area contributed by atoms with E-state index in [4.69, 9.17) is 4.74 Å². The van der Waals surface area contributed by atoms with Crippen LogP contribution in [0.1, 0.15) is 42.4 Å². The zero-order valence-electron chi connectivity index (χ0n) is 20.6. The monoisotopic (exact) mass is 505 g/mol. The molecule has 2 amide bonds. The Morgan fingerprint density at radius 3 is 2.22 bits per heavy atom. The van der Waals surface area contributed by atoms with Crippen molar-refractivity contribution < 1.29 is 33.0 Å². The van der Waals surface area contributed by atoms with Gasteiger partial charge in [-0.25, -0.2) is 23.5 Å². The highest BCUT2D eigenvalue weighted by Crippen LogP contribution is 2.18. The van der Waals surface area contributed by atoms with Crippen LogP contribution in [0.25, 0.3) is 0 Å². The van der Waals surface area contributed by atoms with Crippen molar-refractivity contribution >= 4 is 23.9 Å². The van der Waals surface area contributed by atoms with Crippen LogP contribution < -0.4 is 4.90 Å². The van der Waals surface area contributed by atoms with E-state index in [2.05, 4.69) is 9.97 Å². The van der Waals surface area contributed by atoms with E-state index in [0.29, 0.717) is 43.9 Å². The number of carboxylic acids is 1. The van der Waals surface area contributed by atoms with E-state index in [-0.39, 0.29) is 17.7 Å². The SMILES string of the molecule is Cc1nc(N2CCN(C(=O)OC(C)(C)C)CC2)ncc1C(=O)N(CC(=O)O)Cc1cc(F)cc(F)c1. The molecule has 12 heteroatoms. The normalized spacial score (nSPS) is 13.9. The smallest absolute Gasteiger partial charge is 0.410 e. The molecule has 0 unspecified atom stereocenters. The number of ether oxygens (including phenoxy) is 1. The predicted octanol–water partition coefficient (Wildman–Crippen LogP) is 2.85. The first-order valence-electron chi connectivity index (χ1n) is 11.3. The molecule has 1 aromatic carbocycles. The Hall–Kier alpha value is -3.83. The number of rotatable bonds is 6. The summed E-state index contributed by atoms with van der Waals surface area (Å²) in [5, 5.41) is 9.26. The number of halogens is 2.